The smallest absolute Gasteiger partial charge is 0.294 e. The summed E-state index contributed by atoms with van der Waals surface area (Å²) in [5, 5.41) is 0. The van der Waals surface area contributed by atoms with E-state index in [0.29, 0.717) is 6.61 Å². The van der Waals surface area contributed by atoms with Gasteiger partial charge in [-0.1, -0.05) is 6.07 Å². The normalized spacial score (nSPS) is 22.1. The Balaban J connectivity index is 2.37. The van der Waals surface area contributed by atoms with Crippen LogP contribution in [0.25, 0.3) is 0 Å². The van der Waals surface area contributed by atoms with E-state index in [-0.39, 0.29) is 11.0 Å². The SMILES string of the molecule is Cc1ccc(S(=O)(=O)O)cc1C1CN(C)CCO1. The van der Waals surface area contributed by atoms with E-state index in [4.69, 9.17) is 9.29 Å². The van der Waals surface area contributed by atoms with Crippen molar-refractivity contribution in [3.8, 4) is 0 Å². The predicted molar refractivity (Wildman–Crippen MR) is 67.2 cm³/mol. The first-order valence-electron chi connectivity index (χ1n) is 5.76. The van der Waals surface area contributed by atoms with E-state index >= 15 is 0 Å². The maximum atomic E-state index is 11.1. The molecule has 1 saturated heterocycles. The van der Waals surface area contributed by atoms with Gasteiger partial charge in [0.2, 0.25) is 0 Å². The zero-order valence-electron chi connectivity index (χ0n) is 10.5. The lowest BCUT2D eigenvalue weighted by Crippen LogP contribution is -2.35. The predicted octanol–water partition coefficient (Wildman–Crippen LogP) is 1.24. The van der Waals surface area contributed by atoms with Crippen LogP contribution in [0.2, 0.25) is 0 Å². The van der Waals surface area contributed by atoms with Gasteiger partial charge < -0.3 is 9.64 Å². The van der Waals surface area contributed by atoms with Crippen molar-refractivity contribution in [3.63, 3.8) is 0 Å². The summed E-state index contributed by atoms with van der Waals surface area (Å²) in [5.41, 5.74) is 1.78. The van der Waals surface area contributed by atoms with Crippen molar-refractivity contribution < 1.29 is 17.7 Å². The van der Waals surface area contributed by atoms with Crippen molar-refractivity contribution in [3.05, 3.63) is 29.3 Å². The molecule has 5 nitrogen and oxygen atoms in total. The first-order valence-corrected chi connectivity index (χ1v) is 7.20. The molecule has 0 aromatic heterocycles. The first-order chi connectivity index (χ1) is 8.38. The summed E-state index contributed by atoms with van der Waals surface area (Å²) in [6, 6.07) is 4.59. The number of likely N-dealkylation sites (N-methyl/N-ethyl adjacent to an activating group) is 1. The number of morpholine rings is 1. The second-order valence-corrected chi connectivity index (χ2v) is 6.04. The number of benzene rings is 1. The number of hydrogen-bond donors (Lipinski definition) is 1. The highest BCUT2D eigenvalue weighted by molar-refractivity contribution is 7.85. The van der Waals surface area contributed by atoms with Crippen molar-refractivity contribution in [1.29, 1.82) is 0 Å². The summed E-state index contributed by atoms with van der Waals surface area (Å²) in [7, 11) is -2.17. The molecule has 0 bridgehead atoms. The van der Waals surface area contributed by atoms with Crippen molar-refractivity contribution in [1.82, 2.24) is 4.90 Å². The molecule has 0 saturated carbocycles. The van der Waals surface area contributed by atoms with Gasteiger partial charge in [-0.05, 0) is 37.2 Å². The Morgan fingerprint density at radius 1 is 1.44 bits per heavy atom. The minimum Gasteiger partial charge on any atom is -0.371 e. The molecule has 0 amide bonds. The van der Waals surface area contributed by atoms with Gasteiger partial charge in [-0.25, -0.2) is 0 Å². The molecular weight excluding hydrogens is 254 g/mol. The zero-order chi connectivity index (χ0) is 13.3. The van der Waals surface area contributed by atoms with Crippen LogP contribution in [0.5, 0.6) is 0 Å². The molecule has 1 fully saturated rings. The maximum Gasteiger partial charge on any atom is 0.294 e. The van der Waals surface area contributed by atoms with Crippen LogP contribution < -0.4 is 0 Å². The molecule has 1 aromatic rings. The molecule has 1 unspecified atom stereocenters. The second kappa shape index (κ2) is 4.97. The van der Waals surface area contributed by atoms with Crippen LogP contribution in [-0.4, -0.2) is 44.6 Å². The summed E-state index contributed by atoms with van der Waals surface area (Å²) in [6.07, 6.45) is -0.148. The van der Waals surface area contributed by atoms with E-state index in [1.807, 2.05) is 14.0 Å². The Kier molecular flexibility index (Phi) is 3.72. The Morgan fingerprint density at radius 3 is 2.78 bits per heavy atom. The monoisotopic (exact) mass is 271 g/mol. The van der Waals surface area contributed by atoms with E-state index in [2.05, 4.69) is 4.90 Å². The average molecular weight is 271 g/mol. The van der Waals surface area contributed by atoms with E-state index in [1.165, 1.54) is 12.1 Å². The molecule has 0 aliphatic carbocycles. The van der Waals surface area contributed by atoms with Gasteiger partial charge >= 0.3 is 0 Å². The third kappa shape index (κ3) is 2.89. The van der Waals surface area contributed by atoms with Crippen molar-refractivity contribution in [2.75, 3.05) is 26.7 Å². The van der Waals surface area contributed by atoms with Gasteiger partial charge in [0.1, 0.15) is 0 Å². The number of aryl methyl sites for hydroxylation is 1. The fourth-order valence-electron chi connectivity index (χ4n) is 2.09. The van der Waals surface area contributed by atoms with E-state index in [9.17, 15) is 8.42 Å². The van der Waals surface area contributed by atoms with E-state index in [0.717, 1.165) is 24.2 Å². The van der Waals surface area contributed by atoms with Crippen LogP contribution in [0.4, 0.5) is 0 Å². The lowest BCUT2D eigenvalue weighted by molar-refractivity contribution is -0.0213. The number of ether oxygens (including phenoxy) is 1. The third-order valence-corrected chi connectivity index (χ3v) is 4.01. The minimum atomic E-state index is -4.16. The minimum absolute atomic E-state index is 0.0834. The standard InChI is InChI=1S/C12H17NO4S/c1-9-3-4-10(18(14,15)16)7-11(9)12-8-13(2)5-6-17-12/h3-4,7,12H,5-6,8H2,1-2H3,(H,14,15,16). The van der Waals surface area contributed by atoms with Gasteiger partial charge in [0.15, 0.2) is 0 Å². The van der Waals surface area contributed by atoms with Crippen LogP contribution >= 0.6 is 0 Å². The second-order valence-electron chi connectivity index (χ2n) is 4.62. The summed E-state index contributed by atoms with van der Waals surface area (Å²) >= 11 is 0. The van der Waals surface area contributed by atoms with Crippen molar-refractivity contribution in [2.45, 2.75) is 17.9 Å². The number of hydrogen-bond acceptors (Lipinski definition) is 4. The number of nitrogens with zero attached hydrogens (tertiary/aromatic N) is 1. The van der Waals surface area contributed by atoms with Crippen LogP contribution in [0.15, 0.2) is 23.1 Å². The van der Waals surface area contributed by atoms with Gasteiger partial charge in [0.05, 0.1) is 17.6 Å². The van der Waals surface area contributed by atoms with Crippen molar-refractivity contribution in [2.24, 2.45) is 0 Å². The summed E-state index contributed by atoms with van der Waals surface area (Å²) in [6.45, 7) is 4.11. The molecule has 1 N–H and O–H groups in total. The van der Waals surface area contributed by atoms with Crippen LogP contribution in [0, 0.1) is 6.92 Å². The Labute approximate surface area is 107 Å². The van der Waals surface area contributed by atoms with Crippen LogP contribution in [0.1, 0.15) is 17.2 Å². The summed E-state index contributed by atoms with van der Waals surface area (Å²) < 4.78 is 37.0. The lowest BCUT2D eigenvalue weighted by Gasteiger charge is -2.31. The highest BCUT2D eigenvalue weighted by Crippen LogP contribution is 2.26. The molecule has 1 heterocycles. The topological polar surface area (TPSA) is 66.8 Å². The van der Waals surface area contributed by atoms with Crippen LogP contribution in [-0.2, 0) is 14.9 Å². The quantitative estimate of drug-likeness (QED) is 0.820. The van der Waals surface area contributed by atoms with E-state index in [1.54, 1.807) is 6.07 Å². The van der Waals surface area contributed by atoms with Crippen LogP contribution in [0.3, 0.4) is 0 Å². The Bertz CT molecular complexity index is 541. The first kappa shape index (κ1) is 13.5. The van der Waals surface area contributed by atoms with Gasteiger partial charge in [0.25, 0.3) is 10.1 Å². The molecule has 1 aromatic carbocycles. The fraction of sp³-hybridized carbons (Fsp3) is 0.500. The summed E-state index contributed by atoms with van der Waals surface area (Å²) in [4.78, 5) is 2.05. The molecule has 6 heteroatoms. The lowest BCUT2D eigenvalue weighted by atomic mass is 10.0. The molecule has 1 aliphatic rings. The fourth-order valence-corrected chi connectivity index (χ4v) is 2.61. The molecule has 1 atom stereocenters. The molecule has 100 valence electrons. The van der Waals surface area contributed by atoms with Gasteiger partial charge in [-0.3, -0.25) is 4.55 Å². The van der Waals surface area contributed by atoms with Gasteiger partial charge in [0, 0.05) is 13.1 Å². The maximum absolute atomic E-state index is 11.1. The molecule has 18 heavy (non-hydrogen) atoms. The number of rotatable bonds is 2. The Hall–Kier alpha value is -0.950. The molecule has 1 aliphatic heterocycles. The Morgan fingerprint density at radius 2 is 2.17 bits per heavy atom. The molecule has 0 spiro atoms. The van der Waals surface area contributed by atoms with Gasteiger partial charge in [-0.2, -0.15) is 8.42 Å². The largest absolute Gasteiger partial charge is 0.371 e. The molecular formula is C12H17NO4S. The molecule has 0 radical (unpaired) electrons. The summed E-state index contributed by atoms with van der Waals surface area (Å²) in [5.74, 6) is 0. The van der Waals surface area contributed by atoms with Crippen molar-refractivity contribution >= 4 is 10.1 Å². The molecule has 2 rings (SSSR count). The van der Waals surface area contributed by atoms with E-state index < -0.39 is 10.1 Å². The van der Waals surface area contributed by atoms with Gasteiger partial charge in [-0.15, -0.1) is 0 Å². The zero-order valence-corrected chi connectivity index (χ0v) is 11.3. The highest BCUT2D eigenvalue weighted by Gasteiger charge is 2.22. The third-order valence-electron chi connectivity index (χ3n) is 3.16. The highest BCUT2D eigenvalue weighted by atomic mass is 32.2. The average Bonchev–Trinajstić information content (AvgIpc) is 2.28.